The van der Waals surface area contributed by atoms with Gasteiger partial charge in [-0.3, -0.25) is 4.79 Å². The van der Waals surface area contributed by atoms with Crippen LogP contribution in [-0.4, -0.2) is 17.4 Å². The van der Waals surface area contributed by atoms with E-state index in [0.717, 1.165) is 0 Å². The lowest BCUT2D eigenvalue weighted by Gasteiger charge is -1.96. The first-order valence-corrected chi connectivity index (χ1v) is 2.45. The van der Waals surface area contributed by atoms with Crippen LogP contribution in [0.4, 0.5) is 0 Å². The maximum Gasteiger partial charge on any atom is 0.303 e. The SMILES string of the molecule is [2H]C(C(C)C=O)C([2H])([2H])C(=O)O. The number of aliphatic carboxylic acids is 1. The van der Waals surface area contributed by atoms with Crippen LogP contribution in [0.3, 0.4) is 0 Å². The summed E-state index contributed by atoms with van der Waals surface area (Å²) in [5.74, 6) is -2.63. The summed E-state index contributed by atoms with van der Waals surface area (Å²) in [5.41, 5.74) is 0. The van der Waals surface area contributed by atoms with Crippen molar-refractivity contribution < 1.29 is 18.8 Å². The molecule has 0 heterocycles. The quantitative estimate of drug-likeness (QED) is 0.574. The normalized spacial score (nSPS) is 22.6. The molecule has 3 heteroatoms. The van der Waals surface area contributed by atoms with Gasteiger partial charge in [-0.25, -0.2) is 0 Å². The Morgan fingerprint density at radius 2 is 2.56 bits per heavy atom. The van der Waals surface area contributed by atoms with Gasteiger partial charge in [-0.1, -0.05) is 6.92 Å². The maximum atomic E-state index is 10.3. The van der Waals surface area contributed by atoms with E-state index in [4.69, 9.17) is 9.22 Å². The molecule has 3 nitrogen and oxygen atoms in total. The lowest BCUT2D eigenvalue weighted by Crippen LogP contribution is -2.01. The molecule has 0 bridgehead atoms. The molecular weight excluding hydrogens is 120 g/mol. The molecule has 0 aromatic carbocycles. The molecule has 0 amide bonds. The average molecular weight is 133 g/mol. The summed E-state index contributed by atoms with van der Waals surface area (Å²) in [5, 5.41) is 8.35. The van der Waals surface area contributed by atoms with Gasteiger partial charge in [0.25, 0.3) is 0 Å². The minimum Gasteiger partial charge on any atom is -0.481 e. The number of carbonyl (C=O) groups excluding carboxylic acids is 1. The number of carboxylic acids is 1. The Hall–Kier alpha value is -0.860. The van der Waals surface area contributed by atoms with Crippen LogP contribution in [0.1, 0.15) is 23.8 Å². The zero-order chi connectivity index (χ0) is 9.94. The van der Waals surface area contributed by atoms with E-state index in [9.17, 15) is 9.59 Å². The van der Waals surface area contributed by atoms with Crippen molar-refractivity contribution in [1.82, 2.24) is 0 Å². The minimum atomic E-state index is -2.67. The van der Waals surface area contributed by atoms with Crippen LogP contribution in [0.2, 0.25) is 0 Å². The first-order chi connectivity index (χ1) is 5.34. The van der Waals surface area contributed by atoms with Gasteiger partial charge < -0.3 is 9.90 Å². The first-order valence-electron chi connectivity index (χ1n) is 4.02. The zero-order valence-corrected chi connectivity index (χ0v) is 5.00. The van der Waals surface area contributed by atoms with E-state index >= 15 is 0 Å². The average Bonchev–Trinajstić information content (AvgIpc) is 2.01. The van der Waals surface area contributed by atoms with Gasteiger partial charge >= 0.3 is 5.97 Å². The summed E-state index contributed by atoms with van der Waals surface area (Å²) < 4.78 is 21.0. The summed E-state index contributed by atoms with van der Waals surface area (Å²) >= 11 is 0. The highest BCUT2D eigenvalue weighted by molar-refractivity contribution is 5.67. The van der Waals surface area contributed by atoms with Crippen molar-refractivity contribution in [3.63, 3.8) is 0 Å². The van der Waals surface area contributed by atoms with Gasteiger partial charge in [0.2, 0.25) is 0 Å². The highest BCUT2D eigenvalue weighted by Crippen LogP contribution is 2.00. The third kappa shape index (κ3) is 5.00. The predicted molar refractivity (Wildman–Crippen MR) is 32.1 cm³/mol. The molecule has 0 saturated heterocycles. The number of hydrogen-bond acceptors (Lipinski definition) is 2. The number of aldehydes is 1. The summed E-state index contributed by atoms with van der Waals surface area (Å²) in [7, 11) is 0. The molecule has 1 N–H and O–H groups in total. The van der Waals surface area contributed by atoms with E-state index in [0.29, 0.717) is 6.29 Å². The third-order valence-electron chi connectivity index (χ3n) is 0.684. The van der Waals surface area contributed by atoms with E-state index in [1.165, 1.54) is 6.92 Å². The van der Waals surface area contributed by atoms with Crippen molar-refractivity contribution in [3.8, 4) is 0 Å². The molecular formula is C6H10O3. The lowest BCUT2D eigenvalue weighted by molar-refractivity contribution is -0.137. The monoisotopic (exact) mass is 133 g/mol. The van der Waals surface area contributed by atoms with Crippen molar-refractivity contribution in [2.75, 3.05) is 0 Å². The summed E-state index contributed by atoms with van der Waals surface area (Å²) in [6.45, 7) is 1.31. The Morgan fingerprint density at radius 1 is 2.00 bits per heavy atom. The van der Waals surface area contributed by atoms with E-state index in [1.807, 2.05) is 0 Å². The highest BCUT2D eigenvalue weighted by Gasteiger charge is 2.02. The van der Waals surface area contributed by atoms with E-state index in [2.05, 4.69) is 0 Å². The van der Waals surface area contributed by atoms with Crippen molar-refractivity contribution in [3.05, 3.63) is 0 Å². The van der Waals surface area contributed by atoms with Crippen LogP contribution in [0.25, 0.3) is 0 Å². The molecule has 0 aromatic rings. The van der Waals surface area contributed by atoms with Crippen LogP contribution in [0.5, 0.6) is 0 Å². The van der Waals surface area contributed by atoms with Crippen LogP contribution >= 0.6 is 0 Å². The molecule has 2 unspecified atom stereocenters. The fourth-order valence-electron chi connectivity index (χ4n) is 0.242. The molecule has 9 heavy (non-hydrogen) atoms. The fraction of sp³-hybridized carbons (Fsp3) is 0.667. The largest absolute Gasteiger partial charge is 0.481 e. The Balaban J connectivity index is 4.55. The molecule has 2 atom stereocenters. The number of carbonyl (C=O) groups is 2. The molecule has 0 radical (unpaired) electrons. The summed E-state index contributed by atoms with van der Waals surface area (Å²) in [6, 6.07) is 0. The lowest BCUT2D eigenvalue weighted by atomic mass is 10.1. The van der Waals surface area contributed by atoms with Crippen molar-refractivity contribution in [2.24, 2.45) is 5.92 Å². The van der Waals surface area contributed by atoms with Gasteiger partial charge in [-0.05, 0) is 6.40 Å². The van der Waals surface area contributed by atoms with Crippen LogP contribution < -0.4 is 0 Å². The molecule has 0 aromatic heterocycles. The number of carboxylic acid groups (broad SMARTS) is 1. The first kappa shape index (κ1) is 4.04. The van der Waals surface area contributed by atoms with Crippen molar-refractivity contribution in [1.29, 1.82) is 0 Å². The molecule has 0 aliphatic rings. The molecule has 0 spiro atoms. The molecule has 0 fully saturated rings. The summed E-state index contributed by atoms with van der Waals surface area (Å²) in [4.78, 5) is 20.4. The molecule has 52 valence electrons. The molecule has 0 aliphatic heterocycles. The molecule has 0 aliphatic carbocycles. The van der Waals surface area contributed by atoms with E-state index < -0.39 is 24.7 Å². The van der Waals surface area contributed by atoms with Crippen LogP contribution in [0, 0.1) is 5.92 Å². The number of rotatable bonds is 4. The van der Waals surface area contributed by atoms with Gasteiger partial charge in [-0.2, -0.15) is 0 Å². The second-order valence-corrected chi connectivity index (χ2v) is 1.61. The van der Waals surface area contributed by atoms with Crippen LogP contribution in [0.15, 0.2) is 0 Å². The van der Waals surface area contributed by atoms with E-state index in [1.54, 1.807) is 0 Å². The highest BCUT2D eigenvalue weighted by atomic mass is 16.4. The predicted octanol–water partition coefficient (Wildman–Crippen LogP) is 0.686. The summed E-state index contributed by atoms with van der Waals surface area (Å²) in [6.07, 6.45) is -3.86. The fourth-order valence-corrected chi connectivity index (χ4v) is 0.242. The Morgan fingerprint density at radius 3 is 2.89 bits per heavy atom. The Labute approximate surface area is 57.9 Å². The third-order valence-corrected chi connectivity index (χ3v) is 0.684. The second-order valence-electron chi connectivity index (χ2n) is 1.61. The standard InChI is InChI=1S/C6H10O3/c1-5(4-7)2-3-6(8)9/h4-5H,2-3H2,1H3,(H,8,9)/i2D,3D2. The topological polar surface area (TPSA) is 54.4 Å². The van der Waals surface area contributed by atoms with Gasteiger partial charge in [0, 0.05) is 16.4 Å². The van der Waals surface area contributed by atoms with Gasteiger partial charge in [0.05, 0.1) is 0 Å². The second kappa shape index (κ2) is 4.06. The van der Waals surface area contributed by atoms with Crippen LogP contribution in [-0.2, 0) is 9.59 Å². The minimum absolute atomic E-state index is 0.373. The Bertz CT molecular complexity index is 192. The van der Waals surface area contributed by atoms with E-state index in [-0.39, 0.29) is 0 Å². The Kier molecular flexibility index (Phi) is 1.82. The molecule has 0 rings (SSSR count). The molecule has 0 saturated carbocycles. The smallest absolute Gasteiger partial charge is 0.303 e. The van der Waals surface area contributed by atoms with Gasteiger partial charge in [0.15, 0.2) is 0 Å². The van der Waals surface area contributed by atoms with Crippen molar-refractivity contribution in [2.45, 2.75) is 19.7 Å². The van der Waals surface area contributed by atoms with Crippen molar-refractivity contribution >= 4 is 12.3 Å². The van der Waals surface area contributed by atoms with Gasteiger partial charge in [0.1, 0.15) is 6.29 Å². The maximum absolute atomic E-state index is 10.3. The zero-order valence-electron chi connectivity index (χ0n) is 8.00. The van der Waals surface area contributed by atoms with Gasteiger partial charge in [-0.15, -0.1) is 0 Å². The number of hydrogen-bond donors (Lipinski definition) is 1.